The normalized spacial score (nSPS) is 12.0. The highest BCUT2D eigenvalue weighted by Gasteiger charge is 2.16. The molecular weight excluding hydrogens is 312 g/mol. The molecule has 0 spiro atoms. The van der Waals surface area contributed by atoms with E-state index in [1.165, 1.54) is 5.56 Å². The number of nitrogens with zero attached hydrogens (tertiary/aromatic N) is 1. The standard InChI is InChI=1S/C21H22N2O2/c1-4-16-9-12-18(13-10-16)25-15(3)21(24)23-19-7-5-6-17-11-8-14(2)22-20(17)19/h5-13,15H,4H2,1-3H3,(H,23,24). The number of ether oxygens (including phenoxy) is 1. The maximum atomic E-state index is 12.5. The molecule has 0 fully saturated rings. The second-order valence-electron chi connectivity index (χ2n) is 6.08. The SMILES string of the molecule is CCc1ccc(OC(C)C(=O)Nc2cccc3ccc(C)nc23)cc1. The maximum absolute atomic E-state index is 12.5. The minimum Gasteiger partial charge on any atom is -0.481 e. The molecule has 1 atom stereocenters. The zero-order valence-electron chi connectivity index (χ0n) is 14.7. The fraction of sp³-hybridized carbons (Fsp3) is 0.238. The van der Waals surface area contributed by atoms with Gasteiger partial charge in [0, 0.05) is 11.1 Å². The van der Waals surface area contributed by atoms with Crippen LogP contribution in [0, 0.1) is 6.92 Å². The zero-order chi connectivity index (χ0) is 17.8. The van der Waals surface area contributed by atoms with Crippen LogP contribution in [0.2, 0.25) is 0 Å². The molecule has 0 radical (unpaired) electrons. The number of pyridine rings is 1. The molecule has 1 aromatic heterocycles. The molecule has 4 nitrogen and oxygen atoms in total. The molecule has 0 bridgehead atoms. The molecule has 3 aromatic rings. The number of benzene rings is 2. The maximum Gasteiger partial charge on any atom is 0.265 e. The number of aryl methyl sites for hydroxylation is 2. The Bertz CT molecular complexity index is 888. The van der Waals surface area contributed by atoms with Gasteiger partial charge in [-0.15, -0.1) is 0 Å². The fourth-order valence-electron chi connectivity index (χ4n) is 2.64. The predicted molar refractivity (Wildman–Crippen MR) is 101 cm³/mol. The number of hydrogen-bond acceptors (Lipinski definition) is 3. The molecule has 25 heavy (non-hydrogen) atoms. The molecule has 0 saturated heterocycles. The molecule has 1 amide bonds. The van der Waals surface area contributed by atoms with E-state index in [9.17, 15) is 4.79 Å². The topological polar surface area (TPSA) is 51.2 Å². The molecule has 1 heterocycles. The van der Waals surface area contributed by atoms with E-state index in [4.69, 9.17) is 4.74 Å². The van der Waals surface area contributed by atoms with Crippen molar-refractivity contribution in [3.63, 3.8) is 0 Å². The summed E-state index contributed by atoms with van der Waals surface area (Å²) in [7, 11) is 0. The number of carbonyl (C=O) groups excluding carboxylic acids is 1. The van der Waals surface area contributed by atoms with Gasteiger partial charge in [-0.3, -0.25) is 9.78 Å². The molecule has 0 aliphatic carbocycles. The molecule has 1 N–H and O–H groups in total. The zero-order valence-corrected chi connectivity index (χ0v) is 14.7. The van der Waals surface area contributed by atoms with E-state index >= 15 is 0 Å². The largest absolute Gasteiger partial charge is 0.481 e. The van der Waals surface area contributed by atoms with Crippen molar-refractivity contribution in [2.45, 2.75) is 33.3 Å². The van der Waals surface area contributed by atoms with Crippen molar-refractivity contribution in [3.8, 4) is 5.75 Å². The van der Waals surface area contributed by atoms with Crippen LogP contribution in [0.3, 0.4) is 0 Å². The number of anilines is 1. The average Bonchev–Trinajstić information content (AvgIpc) is 2.62. The van der Waals surface area contributed by atoms with Gasteiger partial charge in [-0.1, -0.05) is 37.3 Å². The van der Waals surface area contributed by atoms with E-state index in [0.717, 1.165) is 23.0 Å². The van der Waals surface area contributed by atoms with Gasteiger partial charge in [0.1, 0.15) is 5.75 Å². The number of para-hydroxylation sites is 1. The first-order chi connectivity index (χ1) is 12.1. The molecule has 3 rings (SSSR count). The molecule has 0 saturated carbocycles. The molecule has 4 heteroatoms. The highest BCUT2D eigenvalue weighted by Crippen LogP contribution is 2.22. The summed E-state index contributed by atoms with van der Waals surface area (Å²) in [5.41, 5.74) is 3.63. The lowest BCUT2D eigenvalue weighted by Crippen LogP contribution is -2.30. The van der Waals surface area contributed by atoms with Crippen molar-refractivity contribution in [1.29, 1.82) is 0 Å². The van der Waals surface area contributed by atoms with Gasteiger partial charge in [-0.25, -0.2) is 0 Å². The Hall–Kier alpha value is -2.88. The van der Waals surface area contributed by atoms with Gasteiger partial charge in [-0.05, 0) is 50.1 Å². The third kappa shape index (κ3) is 3.97. The second kappa shape index (κ2) is 7.34. The summed E-state index contributed by atoms with van der Waals surface area (Å²) >= 11 is 0. The van der Waals surface area contributed by atoms with E-state index in [0.29, 0.717) is 11.4 Å². The molecule has 128 valence electrons. The third-order valence-corrected chi connectivity index (χ3v) is 4.13. The molecular formula is C21H22N2O2. The van der Waals surface area contributed by atoms with E-state index in [-0.39, 0.29) is 5.91 Å². The lowest BCUT2D eigenvalue weighted by atomic mass is 10.1. The number of rotatable bonds is 5. The highest BCUT2D eigenvalue weighted by atomic mass is 16.5. The van der Waals surface area contributed by atoms with E-state index in [1.807, 2.05) is 61.5 Å². The van der Waals surface area contributed by atoms with Crippen LogP contribution in [0.15, 0.2) is 54.6 Å². The van der Waals surface area contributed by atoms with E-state index in [1.54, 1.807) is 6.92 Å². The molecule has 2 aromatic carbocycles. The van der Waals surface area contributed by atoms with Gasteiger partial charge in [-0.2, -0.15) is 0 Å². The number of carbonyl (C=O) groups is 1. The lowest BCUT2D eigenvalue weighted by molar-refractivity contribution is -0.122. The van der Waals surface area contributed by atoms with Crippen LogP contribution in [0.4, 0.5) is 5.69 Å². The second-order valence-corrected chi connectivity index (χ2v) is 6.08. The first kappa shape index (κ1) is 17.0. The Labute approximate surface area is 147 Å². The van der Waals surface area contributed by atoms with Gasteiger partial charge in [0.05, 0.1) is 11.2 Å². The van der Waals surface area contributed by atoms with Gasteiger partial charge < -0.3 is 10.1 Å². The number of fused-ring (bicyclic) bond motifs is 1. The summed E-state index contributed by atoms with van der Waals surface area (Å²) in [6.07, 6.45) is 0.372. The number of aromatic nitrogens is 1. The Morgan fingerprint density at radius 2 is 1.88 bits per heavy atom. The third-order valence-electron chi connectivity index (χ3n) is 4.13. The summed E-state index contributed by atoms with van der Waals surface area (Å²) in [5.74, 6) is 0.488. The van der Waals surface area contributed by atoms with Crippen molar-refractivity contribution < 1.29 is 9.53 Å². The lowest BCUT2D eigenvalue weighted by Gasteiger charge is -2.16. The predicted octanol–water partition coefficient (Wildman–Crippen LogP) is 4.51. The fourth-order valence-corrected chi connectivity index (χ4v) is 2.64. The Kier molecular flexibility index (Phi) is 4.98. The van der Waals surface area contributed by atoms with Crippen molar-refractivity contribution >= 4 is 22.5 Å². The van der Waals surface area contributed by atoms with Gasteiger partial charge in [0.15, 0.2) is 6.10 Å². The monoisotopic (exact) mass is 334 g/mol. The summed E-state index contributed by atoms with van der Waals surface area (Å²) in [6, 6.07) is 17.5. The van der Waals surface area contributed by atoms with Crippen LogP contribution in [0.25, 0.3) is 10.9 Å². The van der Waals surface area contributed by atoms with Crippen LogP contribution < -0.4 is 10.1 Å². The van der Waals surface area contributed by atoms with Gasteiger partial charge >= 0.3 is 0 Å². The van der Waals surface area contributed by atoms with Crippen molar-refractivity contribution in [1.82, 2.24) is 4.98 Å². The van der Waals surface area contributed by atoms with E-state index < -0.39 is 6.10 Å². The van der Waals surface area contributed by atoms with Crippen molar-refractivity contribution in [3.05, 3.63) is 65.9 Å². The summed E-state index contributed by atoms with van der Waals surface area (Å²) < 4.78 is 5.75. The molecule has 0 aliphatic heterocycles. The number of nitrogens with one attached hydrogen (secondary N) is 1. The highest BCUT2D eigenvalue weighted by molar-refractivity contribution is 6.01. The Morgan fingerprint density at radius 1 is 1.12 bits per heavy atom. The summed E-state index contributed by atoms with van der Waals surface area (Å²) in [4.78, 5) is 17.0. The summed E-state index contributed by atoms with van der Waals surface area (Å²) in [5, 5.41) is 3.92. The van der Waals surface area contributed by atoms with Crippen LogP contribution in [0.5, 0.6) is 5.75 Å². The number of amides is 1. The Morgan fingerprint density at radius 3 is 2.60 bits per heavy atom. The average molecular weight is 334 g/mol. The minimum absolute atomic E-state index is 0.199. The molecule has 0 aliphatic rings. The van der Waals surface area contributed by atoms with Gasteiger partial charge in [0.2, 0.25) is 0 Å². The van der Waals surface area contributed by atoms with Crippen molar-refractivity contribution in [2.75, 3.05) is 5.32 Å². The smallest absolute Gasteiger partial charge is 0.265 e. The van der Waals surface area contributed by atoms with E-state index in [2.05, 4.69) is 17.2 Å². The van der Waals surface area contributed by atoms with Crippen LogP contribution in [0.1, 0.15) is 25.1 Å². The van der Waals surface area contributed by atoms with Crippen molar-refractivity contribution in [2.24, 2.45) is 0 Å². The quantitative estimate of drug-likeness (QED) is 0.747. The van der Waals surface area contributed by atoms with Crippen LogP contribution >= 0.6 is 0 Å². The van der Waals surface area contributed by atoms with Crippen LogP contribution in [-0.4, -0.2) is 17.0 Å². The summed E-state index contributed by atoms with van der Waals surface area (Å²) in [6.45, 7) is 5.78. The Balaban J connectivity index is 1.74. The number of hydrogen-bond donors (Lipinski definition) is 1. The molecule has 1 unspecified atom stereocenters. The van der Waals surface area contributed by atoms with Crippen LogP contribution in [-0.2, 0) is 11.2 Å². The first-order valence-corrected chi connectivity index (χ1v) is 8.49. The first-order valence-electron chi connectivity index (χ1n) is 8.49. The minimum atomic E-state index is -0.604. The van der Waals surface area contributed by atoms with Gasteiger partial charge in [0.25, 0.3) is 5.91 Å².